The fourth-order valence-corrected chi connectivity index (χ4v) is 1.62. The fourth-order valence-electron chi connectivity index (χ4n) is 1.62. The minimum atomic E-state index is -0.213. The summed E-state index contributed by atoms with van der Waals surface area (Å²) in [6.07, 6.45) is 6.23. The van der Waals surface area contributed by atoms with Crippen LogP contribution >= 0.6 is 0 Å². The topological polar surface area (TPSA) is 69.6 Å². The number of hydrogen-bond acceptors (Lipinski definition) is 4. The van der Waals surface area contributed by atoms with Gasteiger partial charge in [0.15, 0.2) is 0 Å². The first-order valence-electron chi connectivity index (χ1n) is 5.36. The lowest BCUT2D eigenvalue weighted by Crippen LogP contribution is -2.17. The molecule has 0 saturated carbocycles. The summed E-state index contributed by atoms with van der Waals surface area (Å²) < 4.78 is 1.84. The molecular weight excluding hydrogens is 202 g/mol. The molecule has 5 heteroatoms. The highest BCUT2D eigenvalue weighted by Crippen LogP contribution is 2.17. The number of pyridine rings is 1. The summed E-state index contributed by atoms with van der Waals surface area (Å²) in [4.78, 5) is 4.06. The predicted molar refractivity (Wildman–Crippen MR) is 60.6 cm³/mol. The number of rotatable bonds is 4. The second kappa shape index (κ2) is 4.85. The summed E-state index contributed by atoms with van der Waals surface area (Å²) in [5.74, 6) is 0. The van der Waals surface area contributed by atoms with Gasteiger partial charge >= 0.3 is 0 Å². The van der Waals surface area contributed by atoms with Crippen molar-refractivity contribution in [2.75, 3.05) is 0 Å². The third-order valence-electron chi connectivity index (χ3n) is 2.45. The van der Waals surface area contributed by atoms with Crippen molar-refractivity contribution in [3.63, 3.8) is 0 Å². The van der Waals surface area contributed by atoms with Gasteiger partial charge in [-0.05, 0) is 18.1 Å². The van der Waals surface area contributed by atoms with Crippen molar-refractivity contribution in [1.29, 1.82) is 0 Å². The number of nitrogens with zero attached hydrogens (tertiary/aromatic N) is 4. The van der Waals surface area contributed by atoms with Crippen LogP contribution in [0.1, 0.15) is 30.6 Å². The Bertz CT molecular complexity index is 437. The van der Waals surface area contributed by atoms with Crippen LogP contribution in [-0.4, -0.2) is 20.0 Å². The Morgan fingerprint density at radius 1 is 1.44 bits per heavy atom. The van der Waals surface area contributed by atoms with Crippen LogP contribution < -0.4 is 5.73 Å². The van der Waals surface area contributed by atoms with Crippen molar-refractivity contribution in [3.8, 4) is 0 Å². The molecule has 0 aromatic carbocycles. The molecule has 0 radical (unpaired) electrons. The van der Waals surface area contributed by atoms with Gasteiger partial charge in [0.25, 0.3) is 0 Å². The molecule has 2 N–H and O–H groups in total. The zero-order chi connectivity index (χ0) is 11.4. The Hall–Kier alpha value is -1.75. The summed E-state index contributed by atoms with van der Waals surface area (Å²) in [6, 6.07) is 3.62. The lowest BCUT2D eigenvalue weighted by Gasteiger charge is -2.12. The van der Waals surface area contributed by atoms with Crippen molar-refractivity contribution < 1.29 is 0 Å². The van der Waals surface area contributed by atoms with Gasteiger partial charge in [-0.3, -0.25) is 4.98 Å². The minimum Gasteiger partial charge on any atom is -0.319 e. The van der Waals surface area contributed by atoms with E-state index in [-0.39, 0.29) is 6.04 Å². The van der Waals surface area contributed by atoms with Crippen molar-refractivity contribution in [2.45, 2.75) is 25.9 Å². The highest BCUT2D eigenvalue weighted by molar-refractivity contribution is 5.22. The first kappa shape index (κ1) is 10.8. The maximum absolute atomic E-state index is 6.15. The fraction of sp³-hybridized carbons (Fsp3) is 0.364. The van der Waals surface area contributed by atoms with Crippen LogP contribution in [0.2, 0.25) is 0 Å². The van der Waals surface area contributed by atoms with Crippen molar-refractivity contribution in [2.24, 2.45) is 5.73 Å². The highest BCUT2D eigenvalue weighted by Gasteiger charge is 2.14. The van der Waals surface area contributed by atoms with Crippen LogP contribution in [0.5, 0.6) is 0 Å². The Balaban J connectivity index is 2.27. The van der Waals surface area contributed by atoms with E-state index in [2.05, 4.69) is 22.2 Å². The maximum Gasteiger partial charge on any atom is 0.0800 e. The maximum atomic E-state index is 6.15. The van der Waals surface area contributed by atoms with Crippen LogP contribution in [0.15, 0.2) is 30.7 Å². The molecule has 0 fully saturated rings. The van der Waals surface area contributed by atoms with E-state index < -0.39 is 0 Å². The van der Waals surface area contributed by atoms with Crippen LogP contribution in [-0.2, 0) is 6.54 Å². The number of hydrogen-bond donors (Lipinski definition) is 1. The second-order valence-electron chi connectivity index (χ2n) is 3.65. The van der Waals surface area contributed by atoms with Gasteiger partial charge in [-0.15, -0.1) is 5.10 Å². The molecule has 84 valence electrons. The van der Waals surface area contributed by atoms with Gasteiger partial charge in [-0.25, -0.2) is 4.68 Å². The Morgan fingerprint density at radius 3 is 3.00 bits per heavy atom. The summed E-state index contributed by atoms with van der Waals surface area (Å²) in [5, 5.41) is 7.92. The average molecular weight is 217 g/mol. The van der Waals surface area contributed by atoms with Gasteiger partial charge in [-0.2, -0.15) is 0 Å². The molecule has 2 heterocycles. The zero-order valence-corrected chi connectivity index (χ0v) is 9.24. The van der Waals surface area contributed by atoms with E-state index in [0.29, 0.717) is 0 Å². The molecule has 0 spiro atoms. The van der Waals surface area contributed by atoms with Crippen LogP contribution in [0.25, 0.3) is 0 Å². The second-order valence-corrected chi connectivity index (χ2v) is 3.65. The largest absolute Gasteiger partial charge is 0.319 e. The molecule has 1 unspecified atom stereocenters. The number of aromatic nitrogens is 4. The molecule has 0 aliphatic carbocycles. The third-order valence-corrected chi connectivity index (χ3v) is 2.45. The lowest BCUT2D eigenvalue weighted by molar-refractivity contribution is 0.543. The molecule has 16 heavy (non-hydrogen) atoms. The van der Waals surface area contributed by atoms with Gasteiger partial charge in [0, 0.05) is 18.9 Å². The summed E-state index contributed by atoms with van der Waals surface area (Å²) in [6.45, 7) is 2.93. The van der Waals surface area contributed by atoms with Crippen molar-refractivity contribution >= 4 is 0 Å². The molecule has 0 saturated heterocycles. The lowest BCUT2D eigenvalue weighted by atomic mass is 10.1. The van der Waals surface area contributed by atoms with E-state index in [1.807, 2.05) is 16.8 Å². The first-order valence-corrected chi connectivity index (χ1v) is 5.36. The van der Waals surface area contributed by atoms with Gasteiger partial charge in [0.1, 0.15) is 0 Å². The SMILES string of the molecule is CCCn1nncc1C(N)c1cccnc1. The van der Waals surface area contributed by atoms with E-state index in [4.69, 9.17) is 5.73 Å². The van der Waals surface area contributed by atoms with Gasteiger partial charge < -0.3 is 5.73 Å². The third kappa shape index (κ3) is 2.09. The molecule has 0 bridgehead atoms. The Morgan fingerprint density at radius 2 is 2.31 bits per heavy atom. The van der Waals surface area contributed by atoms with E-state index in [9.17, 15) is 0 Å². The molecular formula is C11H15N5. The van der Waals surface area contributed by atoms with E-state index in [0.717, 1.165) is 24.2 Å². The van der Waals surface area contributed by atoms with Crippen LogP contribution in [0, 0.1) is 0 Å². The Kier molecular flexibility index (Phi) is 3.26. The van der Waals surface area contributed by atoms with Crippen molar-refractivity contribution in [3.05, 3.63) is 42.0 Å². The quantitative estimate of drug-likeness (QED) is 0.833. The molecule has 2 aromatic rings. The normalized spacial score (nSPS) is 12.6. The molecule has 0 aliphatic rings. The summed E-state index contributed by atoms with van der Waals surface area (Å²) >= 11 is 0. The van der Waals surface area contributed by atoms with Gasteiger partial charge in [0.2, 0.25) is 0 Å². The van der Waals surface area contributed by atoms with E-state index in [1.54, 1.807) is 18.6 Å². The van der Waals surface area contributed by atoms with E-state index in [1.165, 1.54) is 0 Å². The van der Waals surface area contributed by atoms with Crippen molar-refractivity contribution in [1.82, 2.24) is 20.0 Å². The summed E-state index contributed by atoms with van der Waals surface area (Å²) in [5.41, 5.74) is 8.05. The zero-order valence-electron chi connectivity index (χ0n) is 9.24. The summed E-state index contributed by atoms with van der Waals surface area (Å²) in [7, 11) is 0. The number of nitrogens with two attached hydrogens (primary N) is 1. The van der Waals surface area contributed by atoms with Crippen LogP contribution in [0.4, 0.5) is 0 Å². The van der Waals surface area contributed by atoms with E-state index >= 15 is 0 Å². The molecule has 5 nitrogen and oxygen atoms in total. The van der Waals surface area contributed by atoms with Crippen LogP contribution in [0.3, 0.4) is 0 Å². The minimum absolute atomic E-state index is 0.213. The number of aryl methyl sites for hydroxylation is 1. The average Bonchev–Trinajstić information content (AvgIpc) is 2.78. The Labute approximate surface area is 94.3 Å². The van der Waals surface area contributed by atoms with Gasteiger partial charge in [0.05, 0.1) is 17.9 Å². The first-order chi connectivity index (χ1) is 7.83. The molecule has 2 rings (SSSR count). The standard InChI is InChI=1S/C11H15N5/c1-2-6-16-10(8-14-15-16)11(12)9-4-3-5-13-7-9/h3-5,7-8,11H,2,6,12H2,1H3. The van der Waals surface area contributed by atoms with Gasteiger partial charge in [-0.1, -0.05) is 18.2 Å². The monoisotopic (exact) mass is 217 g/mol. The molecule has 0 aliphatic heterocycles. The predicted octanol–water partition coefficient (Wildman–Crippen LogP) is 1.13. The molecule has 0 amide bonds. The molecule has 2 aromatic heterocycles. The molecule has 1 atom stereocenters. The highest BCUT2D eigenvalue weighted by atomic mass is 15.4. The smallest absolute Gasteiger partial charge is 0.0800 e.